The van der Waals surface area contributed by atoms with Gasteiger partial charge in [0, 0.05) is 23.3 Å². The fourth-order valence-corrected chi connectivity index (χ4v) is 4.07. The van der Waals surface area contributed by atoms with Crippen LogP contribution in [0.5, 0.6) is 11.5 Å². The van der Waals surface area contributed by atoms with E-state index in [1.807, 2.05) is 0 Å². The van der Waals surface area contributed by atoms with Gasteiger partial charge in [0.25, 0.3) is 0 Å². The Balaban J connectivity index is 2.80. The predicted octanol–water partition coefficient (Wildman–Crippen LogP) is 2.17. The van der Waals surface area contributed by atoms with Crippen molar-refractivity contribution in [2.75, 3.05) is 44.6 Å². The third kappa shape index (κ3) is 6.95. The van der Waals surface area contributed by atoms with Gasteiger partial charge in [-0.3, -0.25) is 4.79 Å². The van der Waals surface area contributed by atoms with Gasteiger partial charge in [-0.05, 0) is 12.1 Å². The Labute approximate surface area is 160 Å². The monoisotopic (exact) mass is 404 g/mol. The van der Waals surface area contributed by atoms with Gasteiger partial charge < -0.3 is 20.1 Å². The van der Waals surface area contributed by atoms with Crippen LogP contribution in [0, 0.1) is 0 Å². The van der Waals surface area contributed by atoms with E-state index in [9.17, 15) is 13.2 Å². The maximum absolute atomic E-state index is 12.2. The molecule has 0 heterocycles. The van der Waals surface area contributed by atoms with E-state index in [0.717, 1.165) is 12.0 Å². The van der Waals surface area contributed by atoms with Crippen molar-refractivity contribution in [2.45, 2.75) is 30.4 Å². The number of methoxy groups -OCH3 is 2. The molecule has 0 saturated carbocycles. The number of carbonyl (C=O) groups excluding carboxylic acids is 1. The first kappa shape index (κ1) is 22.4. The van der Waals surface area contributed by atoms with Crippen LogP contribution < -0.4 is 20.1 Å². The molecule has 0 atom stereocenters. The van der Waals surface area contributed by atoms with E-state index in [-0.39, 0.29) is 27.8 Å². The lowest BCUT2D eigenvalue weighted by atomic mass is 10.2. The van der Waals surface area contributed by atoms with Gasteiger partial charge in [-0.15, -0.1) is 0 Å². The number of nitrogens with one attached hydrogen (secondary N) is 2. The minimum absolute atomic E-state index is 0.0320. The lowest BCUT2D eigenvalue weighted by Gasteiger charge is -2.18. The highest BCUT2D eigenvalue weighted by atomic mass is 32.2. The number of rotatable bonds is 9. The quantitative estimate of drug-likeness (QED) is 0.609. The zero-order chi connectivity index (χ0) is 20.0. The third-order valence-corrected chi connectivity index (χ3v) is 5.69. The van der Waals surface area contributed by atoms with Crippen molar-refractivity contribution >= 4 is 33.2 Å². The molecule has 1 amide bonds. The number of anilines is 1. The summed E-state index contributed by atoms with van der Waals surface area (Å²) in [5.74, 6) is 1.01. The Morgan fingerprint density at radius 3 is 2.35 bits per heavy atom. The normalized spacial score (nSPS) is 11.8. The van der Waals surface area contributed by atoms with Gasteiger partial charge >= 0.3 is 0 Å². The minimum Gasteiger partial charge on any atom is -0.493 e. The summed E-state index contributed by atoms with van der Waals surface area (Å²) < 4.78 is 34.8. The van der Waals surface area contributed by atoms with Crippen LogP contribution in [0.4, 0.5) is 5.69 Å². The first-order valence-electron chi connectivity index (χ1n) is 8.09. The molecule has 0 unspecified atom stereocenters. The van der Waals surface area contributed by atoms with Crippen LogP contribution in [-0.4, -0.2) is 58.4 Å². The Morgan fingerprint density at radius 2 is 1.85 bits per heavy atom. The van der Waals surface area contributed by atoms with Crippen LogP contribution in [0.15, 0.2) is 17.0 Å². The van der Waals surface area contributed by atoms with Crippen molar-refractivity contribution in [1.29, 1.82) is 0 Å². The van der Waals surface area contributed by atoms with E-state index < -0.39 is 9.84 Å². The Hall–Kier alpha value is -1.61. The largest absolute Gasteiger partial charge is 0.493 e. The molecule has 0 aliphatic heterocycles. The van der Waals surface area contributed by atoms with Crippen LogP contribution in [0.2, 0.25) is 0 Å². The highest BCUT2D eigenvalue weighted by Crippen LogP contribution is 2.39. The molecule has 26 heavy (non-hydrogen) atoms. The molecule has 0 radical (unpaired) electrons. The predicted molar refractivity (Wildman–Crippen MR) is 106 cm³/mol. The molecule has 0 aliphatic rings. The van der Waals surface area contributed by atoms with E-state index in [4.69, 9.17) is 9.47 Å². The number of ether oxygens (including phenoxy) is 2. The standard InChI is InChI=1S/C17H28N2O5S2/c1-17(2,3)25-10-9-18-14(20)11-19-12-7-8-13(23-4)15(24-5)16(12)26(6,21)22/h7-8,19H,9-11H2,1-6H3,(H,18,20). The summed E-state index contributed by atoms with van der Waals surface area (Å²) in [7, 11) is -0.795. The second kappa shape index (κ2) is 9.36. The van der Waals surface area contributed by atoms with Crippen molar-refractivity contribution in [3.05, 3.63) is 12.1 Å². The zero-order valence-electron chi connectivity index (χ0n) is 16.1. The van der Waals surface area contributed by atoms with Crippen molar-refractivity contribution in [1.82, 2.24) is 5.32 Å². The second-order valence-corrected chi connectivity index (χ2v) is 10.5. The van der Waals surface area contributed by atoms with Crippen molar-refractivity contribution in [3.8, 4) is 11.5 Å². The van der Waals surface area contributed by atoms with Gasteiger partial charge in [-0.1, -0.05) is 20.8 Å². The average molecular weight is 405 g/mol. The molecule has 1 aromatic rings. The maximum atomic E-state index is 12.2. The van der Waals surface area contributed by atoms with E-state index >= 15 is 0 Å². The molecule has 1 aromatic carbocycles. The summed E-state index contributed by atoms with van der Waals surface area (Å²) in [6.07, 6.45) is 1.08. The zero-order valence-corrected chi connectivity index (χ0v) is 17.8. The third-order valence-electron chi connectivity index (χ3n) is 3.27. The first-order valence-corrected chi connectivity index (χ1v) is 11.0. The topological polar surface area (TPSA) is 93.7 Å². The van der Waals surface area contributed by atoms with Crippen molar-refractivity contribution in [2.24, 2.45) is 0 Å². The summed E-state index contributed by atoms with van der Waals surface area (Å²) in [5, 5.41) is 5.68. The molecule has 9 heteroatoms. The number of hydrogen-bond donors (Lipinski definition) is 2. The molecule has 0 spiro atoms. The molecular weight excluding hydrogens is 376 g/mol. The summed E-state index contributed by atoms with van der Waals surface area (Å²) >= 11 is 1.76. The molecule has 1 rings (SSSR count). The number of benzene rings is 1. The number of thioether (sulfide) groups is 1. The molecular formula is C17H28N2O5S2. The summed E-state index contributed by atoms with van der Waals surface area (Å²) in [4.78, 5) is 12.0. The smallest absolute Gasteiger partial charge is 0.239 e. The molecule has 2 N–H and O–H groups in total. The van der Waals surface area contributed by atoms with Crippen molar-refractivity contribution < 1.29 is 22.7 Å². The van der Waals surface area contributed by atoms with Crippen LogP contribution in [0.1, 0.15) is 20.8 Å². The summed E-state index contributed by atoms with van der Waals surface area (Å²) in [6, 6.07) is 3.15. The van der Waals surface area contributed by atoms with Crippen LogP contribution in [0.25, 0.3) is 0 Å². The van der Waals surface area contributed by atoms with E-state index in [1.54, 1.807) is 23.9 Å². The van der Waals surface area contributed by atoms with Crippen LogP contribution in [0.3, 0.4) is 0 Å². The number of hydrogen-bond acceptors (Lipinski definition) is 7. The fraction of sp³-hybridized carbons (Fsp3) is 0.588. The van der Waals surface area contributed by atoms with Crippen molar-refractivity contribution in [3.63, 3.8) is 0 Å². The van der Waals surface area contributed by atoms with Crippen LogP contribution >= 0.6 is 11.8 Å². The van der Waals surface area contributed by atoms with Crippen LogP contribution in [-0.2, 0) is 14.6 Å². The number of sulfone groups is 1. The number of carbonyl (C=O) groups is 1. The van der Waals surface area contributed by atoms with E-state index in [2.05, 4.69) is 31.4 Å². The number of amides is 1. The fourth-order valence-electron chi connectivity index (χ4n) is 2.19. The second-order valence-electron chi connectivity index (χ2n) is 6.61. The maximum Gasteiger partial charge on any atom is 0.239 e. The lowest BCUT2D eigenvalue weighted by molar-refractivity contribution is -0.119. The van der Waals surface area contributed by atoms with Gasteiger partial charge in [0.2, 0.25) is 5.91 Å². The molecule has 0 fully saturated rings. The molecule has 7 nitrogen and oxygen atoms in total. The minimum atomic E-state index is -3.60. The SMILES string of the molecule is COc1ccc(NCC(=O)NCCSC(C)(C)C)c(S(C)(=O)=O)c1OC. The van der Waals surface area contributed by atoms with E-state index in [0.29, 0.717) is 18.0 Å². The van der Waals surface area contributed by atoms with Gasteiger partial charge in [0.1, 0.15) is 4.90 Å². The van der Waals surface area contributed by atoms with Gasteiger partial charge in [-0.2, -0.15) is 11.8 Å². The van der Waals surface area contributed by atoms with E-state index in [1.165, 1.54) is 14.2 Å². The Kier molecular flexibility index (Phi) is 8.08. The first-order chi connectivity index (χ1) is 12.0. The van der Waals surface area contributed by atoms with Gasteiger partial charge in [-0.25, -0.2) is 8.42 Å². The Morgan fingerprint density at radius 1 is 1.19 bits per heavy atom. The summed E-state index contributed by atoms with van der Waals surface area (Å²) in [5.41, 5.74) is 0.296. The highest BCUT2D eigenvalue weighted by Gasteiger charge is 2.23. The molecule has 148 valence electrons. The average Bonchev–Trinajstić information content (AvgIpc) is 2.54. The van der Waals surface area contributed by atoms with Gasteiger partial charge in [0.15, 0.2) is 21.3 Å². The summed E-state index contributed by atoms with van der Waals surface area (Å²) in [6.45, 7) is 6.85. The molecule has 0 bridgehead atoms. The lowest BCUT2D eigenvalue weighted by Crippen LogP contribution is -2.32. The molecule has 0 aliphatic carbocycles. The Bertz CT molecular complexity index is 727. The molecule has 0 aromatic heterocycles. The van der Waals surface area contributed by atoms with Gasteiger partial charge in [0.05, 0.1) is 26.5 Å². The highest BCUT2D eigenvalue weighted by molar-refractivity contribution is 8.00. The molecule has 0 saturated heterocycles.